The minimum atomic E-state index is 0.164. The number of hydrogen-bond donors (Lipinski definition) is 1. The second-order valence-electron chi connectivity index (χ2n) is 3.86. The number of nitrogens with zero attached hydrogens (tertiary/aromatic N) is 3. The molecule has 1 aliphatic rings. The smallest absolute Gasteiger partial charge is 0.224 e. The number of carbonyl (C=O) groups is 1. The van der Waals surface area contributed by atoms with Gasteiger partial charge in [-0.2, -0.15) is 0 Å². The lowest BCUT2D eigenvalue weighted by Crippen LogP contribution is -2.24. The van der Waals surface area contributed by atoms with Crippen LogP contribution in [0.1, 0.15) is 12.1 Å². The standard InChI is InChI=1S/C10H14N4O/c1-7-3-9(12-6-11-7)13-8-4-10(15)14(2)5-8/h3,6,8H,4-5H2,1-2H3,(H,11,12,13). The van der Waals surface area contributed by atoms with Gasteiger partial charge in [0.25, 0.3) is 0 Å². The molecule has 0 bridgehead atoms. The van der Waals surface area contributed by atoms with Crippen LogP contribution in [0.3, 0.4) is 0 Å². The molecular weight excluding hydrogens is 192 g/mol. The summed E-state index contributed by atoms with van der Waals surface area (Å²) in [6.45, 7) is 2.65. The molecule has 2 rings (SSSR count). The summed E-state index contributed by atoms with van der Waals surface area (Å²) in [6, 6.07) is 2.04. The highest BCUT2D eigenvalue weighted by Gasteiger charge is 2.26. The Morgan fingerprint density at radius 1 is 1.53 bits per heavy atom. The van der Waals surface area contributed by atoms with Crippen molar-refractivity contribution >= 4 is 11.7 Å². The van der Waals surface area contributed by atoms with Gasteiger partial charge in [-0.05, 0) is 6.92 Å². The summed E-state index contributed by atoms with van der Waals surface area (Å²) in [7, 11) is 1.81. The SMILES string of the molecule is Cc1cc(NC2CC(=O)N(C)C2)ncn1. The van der Waals surface area contributed by atoms with Crippen LogP contribution in [0, 0.1) is 6.92 Å². The normalized spacial score (nSPS) is 20.8. The van der Waals surface area contributed by atoms with E-state index in [0.29, 0.717) is 6.42 Å². The van der Waals surface area contributed by atoms with E-state index in [1.165, 1.54) is 6.33 Å². The van der Waals surface area contributed by atoms with Crippen molar-refractivity contribution in [2.45, 2.75) is 19.4 Å². The van der Waals surface area contributed by atoms with Gasteiger partial charge in [0.15, 0.2) is 0 Å². The van der Waals surface area contributed by atoms with Gasteiger partial charge in [-0.15, -0.1) is 0 Å². The van der Waals surface area contributed by atoms with Crippen LogP contribution in [-0.4, -0.2) is 40.4 Å². The molecule has 1 unspecified atom stereocenters. The van der Waals surface area contributed by atoms with Gasteiger partial charge in [0, 0.05) is 31.8 Å². The number of aromatic nitrogens is 2. The maximum atomic E-state index is 11.3. The average molecular weight is 206 g/mol. The Bertz CT molecular complexity index is 379. The van der Waals surface area contributed by atoms with Crippen LogP contribution in [0.2, 0.25) is 0 Å². The van der Waals surface area contributed by atoms with Crippen molar-refractivity contribution in [2.24, 2.45) is 0 Å². The quantitative estimate of drug-likeness (QED) is 0.762. The van der Waals surface area contributed by atoms with Crippen molar-refractivity contribution in [1.29, 1.82) is 0 Å². The van der Waals surface area contributed by atoms with Gasteiger partial charge in [0.05, 0.1) is 6.04 Å². The Labute approximate surface area is 88.5 Å². The summed E-state index contributed by atoms with van der Waals surface area (Å²) in [4.78, 5) is 21.1. The van der Waals surface area contributed by atoms with Crippen molar-refractivity contribution in [3.8, 4) is 0 Å². The third kappa shape index (κ3) is 2.23. The Balaban J connectivity index is 2.01. The molecule has 0 aliphatic carbocycles. The number of amides is 1. The monoisotopic (exact) mass is 206 g/mol. The summed E-state index contributed by atoms with van der Waals surface area (Å²) >= 11 is 0. The van der Waals surface area contributed by atoms with Gasteiger partial charge < -0.3 is 10.2 Å². The molecule has 1 fully saturated rings. The van der Waals surface area contributed by atoms with Crippen molar-refractivity contribution in [1.82, 2.24) is 14.9 Å². The van der Waals surface area contributed by atoms with E-state index in [1.807, 2.05) is 20.0 Å². The maximum absolute atomic E-state index is 11.3. The van der Waals surface area contributed by atoms with E-state index in [2.05, 4.69) is 15.3 Å². The minimum absolute atomic E-state index is 0.164. The summed E-state index contributed by atoms with van der Waals surface area (Å²) in [5.41, 5.74) is 0.921. The van der Waals surface area contributed by atoms with Crippen LogP contribution in [0.4, 0.5) is 5.82 Å². The topological polar surface area (TPSA) is 58.1 Å². The van der Waals surface area contributed by atoms with E-state index in [0.717, 1.165) is 18.1 Å². The molecule has 0 aromatic carbocycles. The minimum Gasteiger partial charge on any atom is -0.365 e. The first kappa shape index (κ1) is 9.89. The highest BCUT2D eigenvalue weighted by Crippen LogP contribution is 2.13. The summed E-state index contributed by atoms with van der Waals surface area (Å²) in [5.74, 6) is 0.967. The molecule has 1 N–H and O–H groups in total. The molecule has 5 heteroatoms. The highest BCUT2D eigenvalue weighted by atomic mass is 16.2. The van der Waals surface area contributed by atoms with E-state index < -0.39 is 0 Å². The molecule has 0 saturated carbocycles. The van der Waals surface area contributed by atoms with Crippen molar-refractivity contribution in [3.05, 3.63) is 18.1 Å². The zero-order valence-corrected chi connectivity index (χ0v) is 8.90. The average Bonchev–Trinajstić information content (AvgIpc) is 2.45. The number of likely N-dealkylation sites (tertiary alicyclic amines) is 1. The number of hydrogen-bond acceptors (Lipinski definition) is 4. The zero-order valence-electron chi connectivity index (χ0n) is 8.90. The number of rotatable bonds is 2. The molecule has 1 aromatic heterocycles. The molecule has 1 atom stereocenters. The maximum Gasteiger partial charge on any atom is 0.224 e. The molecule has 1 aliphatic heterocycles. The third-order valence-electron chi connectivity index (χ3n) is 2.50. The van der Waals surface area contributed by atoms with Gasteiger partial charge in [-0.1, -0.05) is 0 Å². The fraction of sp³-hybridized carbons (Fsp3) is 0.500. The fourth-order valence-electron chi connectivity index (χ4n) is 1.70. The number of likely N-dealkylation sites (N-methyl/N-ethyl adjacent to an activating group) is 1. The van der Waals surface area contributed by atoms with E-state index in [1.54, 1.807) is 4.90 Å². The predicted octanol–water partition coefficient (Wildman–Crippen LogP) is 0.428. The van der Waals surface area contributed by atoms with Crippen LogP contribution in [0.25, 0.3) is 0 Å². The van der Waals surface area contributed by atoms with Crippen molar-refractivity contribution in [2.75, 3.05) is 18.9 Å². The molecule has 5 nitrogen and oxygen atoms in total. The van der Waals surface area contributed by atoms with Crippen molar-refractivity contribution < 1.29 is 4.79 Å². The van der Waals surface area contributed by atoms with Gasteiger partial charge in [-0.3, -0.25) is 4.79 Å². The summed E-state index contributed by atoms with van der Waals surface area (Å²) < 4.78 is 0. The molecule has 2 heterocycles. The Morgan fingerprint density at radius 2 is 2.33 bits per heavy atom. The largest absolute Gasteiger partial charge is 0.365 e. The third-order valence-corrected chi connectivity index (χ3v) is 2.50. The first-order valence-corrected chi connectivity index (χ1v) is 4.94. The lowest BCUT2D eigenvalue weighted by atomic mass is 10.2. The number of nitrogens with one attached hydrogen (secondary N) is 1. The second kappa shape index (κ2) is 3.84. The van der Waals surface area contributed by atoms with Crippen LogP contribution >= 0.6 is 0 Å². The molecule has 0 spiro atoms. The second-order valence-corrected chi connectivity index (χ2v) is 3.86. The highest BCUT2D eigenvalue weighted by molar-refractivity contribution is 5.79. The molecule has 80 valence electrons. The van der Waals surface area contributed by atoms with Gasteiger partial charge in [-0.25, -0.2) is 9.97 Å². The fourth-order valence-corrected chi connectivity index (χ4v) is 1.70. The van der Waals surface area contributed by atoms with Gasteiger partial charge in [0.2, 0.25) is 5.91 Å². The number of anilines is 1. The van der Waals surface area contributed by atoms with Crippen LogP contribution in [-0.2, 0) is 4.79 Å². The summed E-state index contributed by atoms with van der Waals surface area (Å²) in [5, 5.41) is 3.23. The Morgan fingerprint density at radius 3 is 2.93 bits per heavy atom. The lowest BCUT2D eigenvalue weighted by Gasteiger charge is -2.12. The van der Waals surface area contributed by atoms with Gasteiger partial charge >= 0.3 is 0 Å². The number of carbonyl (C=O) groups excluding carboxylic acids is 1. The van der Waals surface area contributed by atoms with Crippen molar-refractivity contribution in [3.63, 3.8) is 0 Å². The molecular formula is C10H14N4O. The van der Waals surface area contributed by atoms with E-state index >= 15 is 0 Å². The molecule has 1 aromatic rings. The molecule has 0 radical (unpaired) electrons. The van der Waals surface area contributed by atoms with E-state index in [9.17, 15) is 4.79 Å². The van der Waals surface area contributed by atoms with E-state index in [4.69, 9.17) is 0 Å². The molecule has 15 heavy (non-hydrogen) atoms. The van der Waals surface area contributed by atoms with Crippen LogP contribution < -0.4 is 5.32 Å². The Kier molecular flexibility index (Phi) is 2.53. The lowest BCUT2D eigenvalue weighted by molar-refractivity contribution is -0.126. The van der Waals surface area contributed by atoms with Gasteiger partial charge in [0.1, 0.15) is 12.1 Å². The first-order valence-electron chi connectivity index (χ1n) is 4.94. The molecule has 1 amide bonds. The number of aryl methyl sites for hydroxylation is 1. The first-order chi connectivity index (χ1) is 7.15. The zero-order chi connectivity index (χ0) is 10.8. The molecule has 1 saturated heterocycles. The Hall–Kier alpha value is -1.65. The van der Waals surface area contributed by atoms with Crippen LogP contribution in [0.5, 0.6) is 0 Å². The van der Waals surface area contributed by atoms with E-state index in [-0.39, 0.29) is 11.9 Å². The predicted molar refractivity (Wildman–Crippen MR) is 56.4 cm³/mol. The van der Waals surface area contributed by atoms with Crippen LogP contribution in [0.15, 0.2) is 12.4 Å². The summed E-state index contributed by atoms with van der Waals surface area (Å²) in [6.07, 6.45) is 2.07.